The third-order valence-corrected chi connectivity index (χ3v) is 5.66. The molecule has 2 aromatic heterocycles. The van der Waals surface area contributed by atoms with E-state index in [-0.39, 0.29) is 12.3 Å². The van der Waals surface area contributed by atoms with Gasteiger partial charge in [-0.25, -0.2) is 4.79 Å². The van der Waals surface area contributed by atoms with E-state index in [1.54, 1.807) is 17.2 Å². The summed E-state index contributed by atoms with van der Waals surface area (Å²) in [5, 5.41) is 11.8. The fourth-order valence-corrected chi connectivity index (χ4v) is 3.88. The van der Waals surface area contributed by atoms with Crippen molar-refractivity contribution in [3.05, 3.63) is 75.4 Å². The van der Waals surface area contributed by atoms with Crippen LogP contribution in [0, 0.1) is 13.8 Å². The molecule has 0 bridgehead atoms. The Morgan fingerprint density at radius 2 is 1.86 bits per heavy atom. The third kappa shape index (κ3) is 3.93. The molecule has 1 amide bonds. The van der Waals surface area contributed by atoms with E-state index < -0.39 is 11.2 Å². The van der Waals surface area contributed by atoms with Gasteiger partial charge in [-0.1, -0.05) is 18.2 Å². The number of carbonyl (C=O) groups is 1. The van der Waals surface area contributed by atoms with Gasteiger partial charge >= 0.3 is 5.63 Å². The maximum atomic E-state index is 12.9. The number of aliphatic hydroxyl groups is 1. The van der Waals surface area contributed by atoms with E-state index in [1.165, 1.54) is 6.07 Å². The van der Waals surface area contributed by atoms with Crippen LogP contribution in [0.5, 0.6) is 0 Å². The van der Waals surface area contributed by atoms with Gasteiger partial charge < -0.3 is 14.4 Å². The van der Waals surface area contributed by atoms with Gasteiger partial charge in [0.25, 0.3) is 0 Å². The Morgan fingerprint density at radius 3 is 2.55 bits per heavy atom. The van der Waals surface area contributed by atoms with Crippen molar-refractivity contribution in [1.82, 2.24) is 9.88 Å². The molecule has 1 aromatic carbocycles. The van der Waals surface area contributed by atoms with Gasteiger partial charge in [-0.05, 0) is 55.5 Å². The maximum absolute atomic E-state index is 12.9. The molecule has 0 aliphatic carbocycles. The summed E-state index contributed by atoms with van der Waals surface area (Å²) in [5.74, 6) is -0.0589. The van der Waals surface area contributed by atoms with Crippen molar-refractivity contribution < 1.29 is 14.3 Å². The monoisotopic (exact) mass is 392 g/mol. The van der Waals surface area contributed by atoms with Gasteiger partial charge in [0.1, 0.15) is 11.2 Å². The van der Waals surface area contributed by atoms with Crippen LogP contribution in [0.3, 0.4) is 0 Å². The van der Waals surface area contributed by atoms with Crippen molar-refractivity contribution in [3.63, 3.8) is 0 Å². The molecular formula is C23H24N2O4. The Bertz CT molecular complexity index is 1110. The van der Waals surface area contributed by atoms with Gasteiger partial charge in [0.05, 0.1) is 12.1 Å². The SMILES string of the molecule is Cc1ccc(C2(O)CCN(C(=O)Cc3cc(=O)oc4cc(C)ccc34)CC2)nc1. The fraction of sp³-hybridized carbons (Fsp3) is 0.348. The van der Waals surface area contributed by atoms with Crippen molar-refractivity contribution in [2.75, 3.05) is 13.1 Å². The third-order valence-electron chi connectivity index (χ3n) is 5.66. The first kappa shape index (κ1) is 19.3. The molecule has 150 valence electrons. The lowest BCUT2D eigenvalue weighted by atomic mass is 9.87. The number of rotatable bonds is 3. The molecule has 1 saturated heterocycles. The molecule has 0 spiro atoms. The van der Waals surface area contributed by atoms with Gasteiger partial charge in [0.15, 0.2) is 0 Å². The van der Waals surface area contributed by atoms with Gasteiger partial charge in [-0.15, -0.1) is 0 Å². The van der Waals surface area contributed by atoms with Gasteiger partial charge in [0, 0.05) is 30.7 Å². The van der Waals surface area contributed by atoms with Crippen LogP contribution in [0.25, 0.3) is 11.0 Å². The van der Waals surface area contributed by atoms with E-state index >= 15 is 0 Å². The zero-order valence-electron chi connectivity index (χ0n) is 16.6. The molecule has 1 fully saturated rings. The van der Waals surface area contributed by atoms with Crippen molar-refractivity contribution in [3.8, 4) is 0 Å². The minimum absolute atomic E-state index is 0.0589. The van der Waals surface area contributed by atoms with Crippen LogP contribution in [-0.2, 0) is 16.8 Å². The largest absolute Gasteiger partial charge is 0.423 e. The highest BCUT2D eigenvalue weighted by Crippen LogP contribution is 2.32. The standard InChI is InChI=1S/C23H24N2O4/c1-15-3-5-18-17(13-22(27)29-19(18)11-15)12-21(26)25-9-7-23(28,8-10-25)20-6-4-16(2)14-24-20/h3-6,11,13-14,28H,7-10,12H2,1-2H3. The minimum atomic E-state index is -1.01. The molecule has 4 rings (SSSR count). The highest BCUT2D eigenvalue weighted by atomic mass is 16.4. The molecule has 3 aromatic rings. The molecule has 0 unspecified atom stereocenters. The van der Waals surface area contributed by atoms with E-state index in [0.717, 1.165) is 16.5 Å². The number of fused-ring (bicyclic) bond motifs is 1. The quantitative estimate of drug-likeness (QED) is 0.693. The van der Waals surface area contributed by atoms with Crippen LogP contribution in [0.1, 0.15) is 35.2 Å². The molecule has 6 nitrogen and oxygen atoms in total. The number of carbonyl (C=O) groups excluding carboxylic acids is 1. The van der Waals surface area contributed by atoms with Crippen LogP contribution in [-0.4, -0.2) is 34.0 Å². The summed E-state index contributed by atoms with van der Waals surface area (Å²) in [6, 6.07) is 10.8. The Morgan fingerprint density at radius 1 is 1.14 bits per heavy atom. The number of likely N-dealkylation sites (tertiary alicyclic amines) is 1. The second-order valence-electron chi connectivity index (χ2n) is 7.90. The van der Waals surface area contributed by atoms with Crippen molar-refractivity contribution in [2.45, 2.75) is 38.7 Å². The van der Waals surface area contributed by atoms with Crippen molar-refractivity contribution in [1.29, 1.82) is 0 Å². The van der Waals surface area contributed by atoms with E-state index in [1.807, 2.05) is 38.1 Å². The lowest BCUT2D eigenvalue weighted by molar-refractivity contribution is -0.135. The molecule has 0 saturated carbocycles. The number of pyridine rings is 1. The molecule has 1 aliphatic heterocycles. The van der Waals surface area contributed by atoms with Crippen molar-refractivity contribution >= 4 is 16.9 Å². The fourth-order valence-electron chi connectivity index (χ4n) is 3.88. The van der Waals surface area contributed by atoms with Crippen LogP contribution >= 0.6 is 0 Å². The highest BCUT2D eigenvalue weighted by Gasteiger charge is 2.36. The first-order valence-electron chi connectivity index (χ1n) is 9.81. The lowest BCUT2D eigenvalue weighted by Gasteiger charge is -2.38. The number of benzene rings is 1. The predicted molar refractivity (Wildman–Crippen MR) is 110 cm³/mol. The predicted octanol–water partition coefficient (Wildman–Crippen LogP) is 2.86. The number of hydrogen-bond donors (Lipinski definition) is 1. The number of aryl methyl sites for hydroxylation is 2. The Hall–Kier alpha value is -2.99. The number of piperidine rings is 1. The second-order valence-corrected chi connectivity index (χ2v) is 7.90. The van der Waals surface area contributed by atoms with Crippen LogP contribution in [0.15, 0.2) is 51.8 Å². The van der Waals surface area contributed by atoms with Gasteiger partial charge in [-0.2, -0.15) is 0 Å². The Kier molecular flexibility index (Phi) is 4.96. The highest BCUT2D eigenvalue weighted by molar-refractivity contribution is 5.87. The number of nitrogens with zero attached hydrogens (tertiary/aromatic N) is 2. The summed E-state index contributed by atoms with van der Waals surface area (Å²) in [6.07, 6.45) is 2.75. The van der Waals surface area contributed by atoms with E-state index in [4.69, 9.17) is 4.42 Å². The Balaban J connectivity index is 1.49. The minimum Gasteiger partial charge on any atom is -0.423 e. The molecule has 1 N–H and O–H groups in total. The number of hydrogen-bond acceptors (Lipinski definition) is 5. The second kappa shape index (κ2) is 7.44. The van der Waals surface area contributed by atoms with Crippen LogP contribution in [0.2, 0.25) is 0 Å². The van der Waals surface area contributed by atoms with Crippen molar-refractivity contribution in [2.24, 2.45) is 0 Å². The molecule has 29 heavy (non-hydrogen) atoms. The summed E-state index contributed by atoms with van der Waals surface area (Å²) in [7, 11) is 0. The summed E-state index contributed by atoms with van der Waals surface area (Å²) in [4.78, 5) is 30.9. The summed E-state index contributed by atoms with van der Waals surface area (Å²) in [6.45, 7) is 4.78. The first-order chi connectivity index (χ1) is 13.8. The molecule has 0 radical (unpaired) electrons. The number of aromatic nitrogens is 1. The summed E-state index contributed by atoms with van der Waals surface area (Å²) >= 11 is 0. The molecule has 1 aliphatic rings. The van der Waals surface area contributed by atoms with Gasteiger partial charge in [0.2, 0.25) is 5.91 Å². The summed E-state index contributed by atoms with van der Waals surface area (Å²) < 4.78 is 5.27. The summed E-state index contributed by atoms with van der Waals surface area (Å²) in [5.41, 5.74) is 2.38. The van der Waals surface area contributed by atoms with Crippen LogP contribution in [0.4, 0.5) is 0 Å². The number of amides is 1. The topological polar surface area (TPSA) is 83.6 Å². The maximum Gasteiger partial charge on any atom is 0.336 e. The zero-order chi connectivity index (χ0) is 20.6. The van der Waals surface area contributed by atoms with E-state index in [0.29, 0.717) is 42.8 Å². The average Bonchev–Trinajstić information content (AvgIpc) is 2.68. The van der Waals surface area contributed by atoms with Gasteiger partial charge in [-0.3, -0.25) is 9.78 Å². The smallest absolute Gasteiger partial charge is 0.336 e. The average molecular weight is 392 g/mol. The lowest BCUT2D eigenvalue weighted by Crippen LogP contribution is -2.46. The molecule has 0 atom stereocenters. The van der Waals surface area contributed by atoms with Crippen LogP contribution < -0.4 is 5.63 Å². The van der Waals surface area contributed by atoms with E-state index in [9.17, 15) is 14.7 Å². The molecular weight excluding hydrogens is 368 g/mol. The zero-order valence-corrected chi connectivity index (χ0v) is 16.6. The molecule has 6 heteroatoms. The van der Waals surface area contributed by atoms with E-state index in [2.05, 4.69) is 4.98 Å². The Labute approximate surface area is 168 Å². The normalized spacial score (nSPS) is 16.2. The molecule has 3 heterocycles. The first-order valence-corrected chi connectivity index (χ1v) is 9.81.